The molecule has 2 aliphatic carbocycles. The summed E-state index contributed by atoms with van der Waals surface area (Å²) in [6.07, 6.45) is 7.18. The summed E-state index contributed by atoms with van der Waals surface area (Å²) in [5, 5.41) is 9.65. The summed E-state index contributed by atoms with van der Waals surface area (Å²) in [4.78, 5) is 28.8. The maximum absolute atomic E-state index is 12.6. The predicted molar refractivity (Wildman–Crippen MR) is 77.0 cm³/mol. The van der Waals surface area contributed by atoms with Gasteiger partial charge in [-0.05, 0) is 43.4 Å². The number of hydrogen-bond donors (Lipinski definition) is 1. The Morgan fingerprint density at radius 3 is 2.90 bits per heavy atom. The highest BCUT2D eigenvalue weighted by molar-refractivity contribution is 5.81. The molecular weight excluding hydrogens is 268 g/mol. The molecule has 0 aliphatic heterocycles. The van der Waals surface area contributed by atoms with Gasteiger partial charge in [0.2, 0.25) is 0 Å². The summed E-state index contributed by atoms with van der Waals surface area (Å²) >= 11 is 0. The van der Waals surface area contributed by atoms with E-state index >= 15 is 0 Å². The van der Waals surface area contributed by atoms with Crippen LogP contribution >= 0.6 is 0 Å². The summed E-state index contributed by atoms with van der Waals surface area (Å²) in [6, 6.07) is 5.37. The van der Waals surface area contributed by atoms with Crippen LogP contribution < -0.4 is 5.56 Å². The number of carboxylic acids is 1. The van der Waals surface area contributed by atoms with Gasteiger partial charge in [-0.3, -0.25) is 14.0 Å². The lowest BCUT2D eigenvalue weighted by molar-refractivity contribution is -0.147. The quantitative estimate of drug-likeness (QED) is 0.910. The van der Waals surface area contributed by atoms with Gasteiger partial charge in [-0.25, -0.2) is 4.98 Å². The zero-order chi connectivity index (χ0) is 14.6. The van der Waals surface area contributed by atoms with E-state index in [9.17, 15) is 14.7 Å². The Kier molecular flexibility index (Phi) is 2.37. The number of rotatable bonds is 2. The molecule has 2 heterocycles. The second-order valence-electron chi connectivity index (χ2n) is 5.84. The normalized spacial score (nSPS) is 24.0. The minimum absolute atomic E-state index is 0.135. The van der Waals surface area contributed by atoms with Crippen LogP contribution in [0.2, 0.25) is 0 Å². The molecule has 2 aromatic rings. The fourth-order valence-electron chi connectivity index (χ4n) is 3.23. The molecule has 0 saturated heterocycles. The largest absolute Gasteiger partial charge is 0.481 e. The monoisotopic (exact) mass is 282 g/mol. The summed E-state index contributed by atoms with van der Waals surface area (Å²) in [5.41, 5.74) is 0.599. The topological polar surface area (TPSA) is 71.7 Å². The first-order chi connectivity index (χ1) is 10.1. The second-order valence-corrected chi connectivity index (χ2v) is 5.84. The average molecular weight is 282 g/mol. The van der Waals surface area contributed by atoms with Crippen molar-refractivity contribution < 1.29 is 9.90 Å². The molecule has 4 rings (SSSR count). The molecule has 5 nitrogen and oxygen atoms in total. The molecular formula is C16H14N2O3. The van der Waals surface area contributed by atoms with Gasteiger partial charge in [0.05, 0.1) is 11.1 Å². The molecule has 1 unspecified atom stereocenters. The maximum atomic E-state index is 12.6. The van der Waals surface area contributed by atoms with Gasteiger partial charge in [0.25, 0.3) is 5.56 Å². The van der Waals surface area contributed by atoms with Crippen LogP contribution in [0, 0.1) is 11.3 Å². The Morgan fingerprint density at radius 1 is 1.38 bits per heavy atom. The van der Waals surface area contributed by atoms with E-state index in [2.05, 4.69) is 4.98 Å². The molecule has 21 heavy (non-hydrogen) atoms. The molecule has 0 aromatic carbocycles. The van der Waals surface area contributed by atoms with Crippen LogP contribution in [-0.4, -0.2) is 20.5 Å². The van der Waals surface area contributed by atoms with Crippen molar-refractivity contribution in [3.63, 3.8) is 0 Å². The SMILES string of the molecule is O=C(O)C1(C2CC2)C=Cc2nc3ccccn3c(=O)c2C1. The Morgan fingerprint density at radius 2 is 2.19 bits per heavy atom. The zero-order valence-corrected chi connectivity index (χ0v) is 11.3. The summed E-state index contributed by atoms with van der Waals surface area (Å²) < 4.78 is 1.48. The molecule has 106 valence electrons. The second kappa shape index (κ2) is 4.04. The highest BCUT2D eigenvalue weighted by atomic mass is 16.4. The highest BCUT2D eigenvalue weighted by Crippen LogP contribution is 2.50. The minimum Gasteiger partial charge on any atom is -0.481 e. The average Bonchev–Trinajstić information content (AvgIpc) is 3.32. The molecule has 2 aliphatic rings. The molecule has 1 fully saturated rings. The molecule has 1 N–H and O–H groups in total. The smallest absolute Gasteiger partial charge is 0.314 e. The maximum Gasteiger partial charge on any atom is 0.314 e. The molecule has 0 amide bonds. The van der Waals surface area contributed by atoms with E-state index in [-0.39, 0.29) is 17.9 Å². The Balaban J connectivity index is 1.95. The third kappa shape index (κ3) is 1.67. The fourth-order valence-corrected chi connectivity index (χ4v) is 3.23. The lowest BCUT2D eigenvalue weighted by Crippen LogP contribution is -2.38. The Bertz CT molecular complexity index is 848. The lowest BCUT2D eigenvalue weighted by atomic mass is 9.74. The first kappa shape index (κ1) is 12.3. The Hall–Kier alpha value is -2.43. The van der Waals surface area contributed by atoms with Crippen LogP contribution in [0.5, 0.6) is 0 Å². The minimum atomic E-state index is -0.934. The molecule has 2 aromatic heterocycles. The van der Waals surface area contributed by atoms with Crippen LogP contribution in [-0.2, 0) is 11.2 Å². The van der Waals surface area contributed by atoms with Crippen molar-refractivity contribution in [2.75, 3.05) is 0 Å². The molecule has 1 atom stereocenters. The van der Waals surface area contributed by atoms with Crippen molar-refractivity contribution in [1.82, 2.24) is 9.38 Å². The van der Waals surface area contributed by atoms with Crippen LogP contribution in [0.25, 0.3) is 11.7 Å². The van der Waals surface area contributed by atoms with Gasteiger partial charge in [0.15, 0.2) is 0 Å². The molecule has 0 bridgehead atoms. The number of carboxylic acid groups (broad SMARTS) is 1. The van der Waals surface area contributed by atoms with Gasteiger partial charge in [-0.15, -0.1) is 0 Å². The van der Waals surface area contributed by atoms with E-state index in [1.807, 2.05) is 6.07 Å². The van der Waals surface area contributed by atoms with Crippen LogP contribution in [0.15, 0.2) is 35.3 Å². The van der Waals surface area contributed by atoms with Gasteiger partial charge >= 0.3 is 5.97 Å². The Labute approximate surface area is 120 Å². The van der Waals surface area contributed by atoms with Crippen molar-refractivity contribution in [2.24, 2.45) is 11.3 Å². The molecule has 5 heteroatoms. The molecule has 0 spiro atoms. The van der Waals surface area contributed by atoms with E-state index in [1.54, 1.807) is 30.5 Å². The number of aliphatic carboxylic acids is 1. The van der Waals surface area contributed by atoms with E-state index in [0.717, 1.165) is 12.8 Å². The number of fused-ring (bicyclic) bond motifs is 2. The third-order valence-electron chi connectivity index (χ3n) is 4.57. The highest BCUT2D eigenvalue weighted by Gasteiger charge is 2.51. The number of aromatic nitrogens is 2. The molecule has 1 saturated carbocycles. The van der Waals surface area contributed by atoms with Crippen LogP contribution in [0.4, 0.5) is 0 Å². The summed E-state index contributed by atoms with van der Waals surface area (Å²) in [6.45, 7) is 0. The van der Waals surface area contributed by atoms with Gasteiger partial charge in [0, 0.05) is 11.8 Å². The van der Waals surface area contributed by atoms with Gasteiger partial charge < -0.3 is 5.11 Å². The van der Waals surface area contributed by atoms with Gasteiger partial charge in [0.1, 0.15) is 5.65 Å². The van der Waals surface area contributed by atoms with Crippen LogP contribution in [0.1, 0.15) is 24.1 Å². The van der Waals surface area contributed by atoms with Crippen molar-refractivity contribution in [2.45, 2.75) is 19.3 Å². The number of nitrogens with zero attached hydrogens (tertiary/aromatic N) is 2. The first-order valence-corrected chi connectivity index (χ1v) is 7.05. The van der Waals surface area contributed by atoms with Crippen molar-refractivity contribution in [3.8, 4) is 0 Å². The zero-order valence-electron chi connectivity index (χ0n) is 11.3. The van der Waals surface area contributed by atoms with E-state index < -0.39 is 11.4 Å². The van der Waals surface area contributed by atoms with Crippen molar-refractivity contribution in [1.29, 1.82) is 0 Å². The first-order valence-electron chi connectivity index (χ1n) is 7.05. The number of hydrogen-bond acceptors (Lipinski definition) is 3. The van der Waals surface area contributed by atoms with E-state index in [0.29, 0.717) is 16.9 Å². The van der Waals surface area contributed by atoms with Crippen LogP contribution in [0.3, 0.4) is 0 Å². The summed E-state index contributed by atoms with van der Waals surface area (Å²) in [7, 11) is 0. The van der Waals surface area contributed by atoms with Crippen molar-refractivity contribution in [3.05, 3.63) is 52.1 Å². The van der Waals surface area contributed by atoms with Crippen molar-refractivity contribution >= 4 is 17.7 Å². The van der Waals surface area contributed by atoms with E-state index in [4.69, 9.17) is 0 Å². The summed E-state index contributed by atoms with van der Waals surface area (Å²) in [5.74, 6) is -0.709. The number of pyridine rings is 1. The third-order valence-corrected chi connectivity index (χ3v) is 4.57. The standard InChI is InChI=1S/C16H14N2O3/c19-14-11-9-16(15(20)21,10-4-5-10)7-6-12(11)17-13-3-1-2-8-18(13)14/h1-3,6-8,10H,4-5,9H2,(H,20,21). The number of carbonyl (C=O) groups is 1. The fraction of sp³-hybridized carbons (Fsp3) is 0.312. The lowest BCUT2D eigenvalue weighted by Gasteiger charge is -2.29. The molecule has 0 radical (unpaired) electrons. The predicted octanol–water partition coefficient (Wildman–Crippen LogP) is 1.74. The van der Waals surface area contributed by atoms with Gasteiger partial charge in [-0.2, -0.15) is 0 Å². The van der Waals surface area contributed by atoms with Gasteiger partial charge in [-0.1, -0.05) is 12.1 Å². The van der Waals surface area contributed by atoms with E-state index in [1.165, 1.54) is 4.40 Å².